The molecule has 1 saturated heterocycles. The maximum Gasteiger partial charge on any atom is 0.258 e. The molecule has 0 unspecified atom stereocenters. The normalized spacial score (nSPS) is 18.2. The fourth-order valence-electron chi connectivity index (χ4n) is 5.21. The molecule has 8 nitrogen and oxygen atoms in total. The SMILES string of the molecule is CC(C)n1cnc([C@H]2CN(C(=O)c3ccccc3)c3ccc(C(=O)N4CCC(N(C)C)CC4)cc32)n1. The van der Waals surface area contributed by atoms with Gasteiger partial charge in [-0.05, 0) is 76.7 Å². The van der Waals surface area contributed by atoms with Gasteiger partial charge in [-0.3, -0.25) is 14.3 Å². The van der Waals surface area contributed by atoms with E-state index in [1.54, 1.807) is 11.2 Å². The molecular weight excluding hydrogens is 452 g/mol. The van der Waals surface area contributed by atoms with Crippen molar-refractivity contribution >= 4 is 17.5 Å². The van der Waals surface area contributed by atoms with Crippen LogP contribution >= 0.6 is 0 Å². The lowest BCUT2D eigenvalue weighted by molar-refractivity contribution is 0.0663. The van der Waals surface area contributed by atoms with Gasteiger partial charge in [0.05, 0.1) is 5.92 Å². The summed E-state index contributed by atoms with van der Waals surface area (Å²) >= 11 is 0. The largest absolute Gasteiger partial charge is 0.339 e. The third-order valence-corrected chi connectivity index (χ3v) is 7.42. The van der Waals surface area contributed by atoms with Crippen molar-refractivity contribution in [3.05, 3.63) is 77.4 Å². The van der Waals surface area contributed by atoms with Gasteiger partial charge in [-0.1, -0.05) is 18.2 Å². The highest BCUT2D eigenvalue weighted by Gasteiger charge is 2.37. The summed E-state index contributed by atoms with van der Waals surface area (Å²) in [7, 11) is 4.19. The van der Waals surface area contributed by atoms with Gasteiger partial charge in [-0.15, -0.1) is 0 Å². The Morgan fingerprint density at radius 3 is 2.33 bits per heavy atom. The second-order valence-electron chi connectivity index (χ2n) is 10.3. The zero-order valence-electron chi connectivity index (χ0n) is 21.5. The molecule has 3 aromatic rings. The van der Waals surface area contributed by atoms with E-state index in [2.05, 4.69) is 37.8 Å². The number of nitrogens with zero attached hydrogens (tertiary/aromatic N) is 6. The van der Waals surface area contributed by atoms with Gasteiger partial charge in [0.25, 0.3) is 11.8 Å². The molecule has 1 aromatic heterocycles. The van der Waals surface area contributed by atoms with Crippen LogP contribution in [0.15, 0.2) is 54.9 Å². The molecule has 0 N–H and O–H groups in total. The Kier molecular flexibility index (Phi) is 6.62. The lowest BCUT2D eigenvalue weighted by Gasteiger charge is -2.35. The van der Waals surface area contributed by atoms with Crippen LogP contribution in [0.25, 0.3) is 0 Å². The van der Waals surface area contributed by atoms with Crippen molar-refractivity contribution in [1.29, 1.82) is 0 Å². The predicted molar refractivity (Wildman–Crippen MR) is 139 cm³/mol. The monoisotopic (exact) mass is 486 g/mol. The third-order valence-electron chi connectivity index (χ3n) is 7.42. The molecule has 188 valence electrons. The summed E-state index contributed by atoms with van der Waals surface area (Å²) in [4.78, 5) is 37.5. The van der Waals surface area contributed by atoms with Crippen LogP contribution in [0, 0.1) is 0 Å². The van der Waals surface area contributed by atoms with E-state index < -0.39 is 0 Å². The predicted octanol–water partition coefficient (Wildman–Crippen LogP) is 3.82. The smallest absolute Gasteiger partial charge is 0.258 e. The zero-order chi connectivity index (χ0) is 25.4. The van der Waals surface area contributed by atoms with Crippen LogP contribution in [-0.4, -0.2) is 76.2 Å². The molecule has 3 heterocycles. The molecule has 8 heteroatoms. The highest BCUT2D eigenvalue weighted by Crippen LogP contribution is 2.40. The van der Waals surface area contributed by atoms with Crippen LogP contribution in [0.4, 0.5) is 5.69 Å². The quantitative estimate of drug-likeness (QED) is 0.548. The Labute approximate surface area is 212 Å². The highest BCUT2D eigenvalue weighted by atomic mass is 16.2. The van der Waals surface area contributed by atoms with Gasteiger partial charge in [0.2, 0.25) is 0 Å². The Morgan fingerprint density at radius 1 is 0.972 bits per heavy atom. The molecule has 0 aliphatic carbocycles. The maximum absolute atomic E-state index is 13.5. The standard InChI is InChI=1S/C28H34N6O2/c1-19(2)34-18-29-26(30-34)24-17-33(28(36)20-8-6-5-7-9-20)25-11-10-21(16-23(24)25)27(35)32-14-12-22(13-15-32)31(3)4/h5-11,16,18-19,22,24H,12-15,17H2,1-4H3/t24-/m0/s1. The van der Waals surface area contributed by atoms with Gasteiger partial charge in [0.15, 0.2) is 5.82 Å². The van der Waals surface area contributed by atoms with Gasteiger partial charge >= 0.3 is 0 Å². The molecule has 2 aliphatic rings. The summed E-state index contributed by atoms with van der Waals surface area (Å²) in [5, 5.41) is 4.71. The molecule has 0 radical (unpaired) electrons. The summed E-state index contributed by atoms with van der Waals surface area (Å²) in [6.45, 7) is 6.06. The number of rotatable bonds is 5. The highest BCUT2D eigenvalue weighted by molar-refractivity contribution is 6.08. The fourth-order valence-corrected chi connectivity index (χ4v) is 5.21. The Hall–Kier alpha value is -3.52. The second kappa shape index (κ2) is 9.85. The van der Waals surface area contributed by atoms with Crippen molar-refractivity contribution in [2.24, 2.45) is 0 Å². The van der Waals surface area contributed by atoms with Gasteiger partial charge in [0, 0.05) is 48.5 Å². The molecule has 0 saturated carbocycles. The molecule has 5 rings (SSSR count). The van der Waals surface area contributed by atoms with E-state index >= 15 is 0 Å². The molecule has 1 fully saturated rings. The van der Waals surface area contributed by atoms with Gasteiger partial charge < -0.3 is 14.7 Å². The van der Waals surface area contributed by atoms with Crippen LogP contribution in [0.3, 0.4) is 0 Å². The summed E-state index contributed by atoms with van der Waals surface area (Å²) in [6.07, 6.45) is 3.69. The molecule has 0 bridgehead atoms. The number of hydrogen-bond donors (Lipinski definition) is 0. The Bertz CT molecular complexity index is 1240. The molecular formula is C28H34N6O2. The van der Waals surface area contributed by atoms with E-state index in [0.717, 1.165) is 37.2 Å². The van der Waals surface area contributed by atoms with Gasteiger partial charge in [-0.25, -0.2) is 4.98 Å². The van der Waals surface area contributed by atoms with E-state index in [1.165, 1.54) is 0 Å². The van der Waals surface area contributed by atoms with Crippen molar-refractivity contribution in [1.82, 2.24) is 24.6 Å². The molecule has 36 heavy (non-hydrogen) atoms. The van der Waals surface area contributed by atoms with E-state index in [0.29, 0.717) is 29.5 Å². The zero-order valence-corrected chi connectivity index (χ0v) is 21.5. The first-order valence-electron chi connectivity index (χ1n) is 12.7. The van der Waals surface area contributed by atoms with Crippen molar-refractivity contribution in [2.75, 3.05) is 38.6 Å². The fraction of sp³-hybridized carbons (Fsp3) is 0.429. The Morgan fingerprint density at radius 2 is 1.69 bits per heavy atom. The average Bonchev–Trinajstić information content (AvgIpc) is 3.53. The van der Waals surface area contributed by atoms with E-state index in [9.17, 15) is 9.59 Å². The third kappa shape index (κ3) is 4.53. The van der Waals surface area contributed by atoms with E-state index in [1.807, 2.05) is 58.1 Å². The number of piperidine rings is 1. The molecule has 2 aliphatic heterocycles. The summed E-state index contributed by atoms with van der Waals surface area (Å²) in [5.41, 5.74) is 3.03. The Balaban J connectivity index is 1.47. The lowest BCUT2D eigenvalue weighted by atomic mass is 9.97. The van der Waals surface area contributed by atoms with Crippen molar-refractivity contribution in [3.8, 4) is 0 Å². The van der Waals surface area contributed by atoms with E-state index in [4.69, 9.17) is 5.10 Å². The second-order valence-corrected chi connectivity index (χ2v) is 10.3. The molecule has 2 amide bonds. The number of hydrogen-bond acceptors (Lipinski definition) is 5. The van der Waals surface area contributed by atoms with Crippen molar-refractivity contribution in [3.63, 3.8) is 0 Å². The first-order chi connectivity index (χ1) is 17.3. The number of anilines is 1. The number of benzene rings is 2. The topological polar surface area (TPSA) is 74.6 Å². The van der Waals surface area contributed by atoms with Crippen LogP contribution in [0.1, 0.15) is 70.8 Å². The average molecular weight is 487 g/mol. The first kappa shape index (κ1) is 24.2. The maximum atomic E-state index is 13.5. The minimum Gasteiger partial charge on any atom is -0.339 e. The minimum absolute atomic E-state index is 0.0438. The van der Waals surface area contributed by atoms with Crippen molar-refractivity contribution < 1.29 is 9.59 Å². The lowest BCUT2D eigenvalue weighted by Crippen LogP contribution is -2.44. The van der Waals surface area contributed by atoms with Crippen LogP contribution < -0.4 is 4.90 Å². The van der Waals surface area contributed by atoms with Crippen LogP contribution in [-0.2, 0) is 0 Å². The van der Waals surface area contributed by atoms with Gasteiger partial charge in [-0.2, -0.15) is 5.10 Å². The molecule has 1 atom stereocenters. The van der Waals surface area contributed by atoms with Crippen molar-refractivity contribution in [2.45, 2.75) is 44.7 Å². The molecule has 2 aromatic carbocycles. The summed E-state index contributed by atoms with van der Waals surface area (Å²) in [5.74, 6) is 0.458. The number of aromatic nitrogens is 3. The number of carbonyl (C=O) groups excluding carboxylic acids is 2. The van der Waals surface area contributed by atoms with Gasteiger partial charge in [0.1, 0.15) is 6.33 Å². The van der Waals surface area contributed by atoms with Crippen LogP contribution in [0.2, 0.25) is 0 Å². The summed E-state index contributed by atoms with van der Waals surface area (Å²) < 4.78 is 1.83. The molecule has 0 spiro atoms. The van der Waals surface area contributed by atoms with Crippen LogP contribution in [0.5, 0.6) is 0 Å². The number of carbonyl (C=O) groups is 2. The number of likely N-dealkylation sites (tertiary alicyclic amines) is 1. The summed E-state index contributed by atoms with van der Waals surface area (Å²) in [6, 6.07) is 15.7. The minimum atomic E-state index is -0.195. The van der Waals surface area contributed by atoms with E-state index in [-0.39, 0.29) is 23.8 Å². The number of amides is 2. The first-order valence-corrected chi connectivity index (χ1v) is 12.7. The number of fused-ring (bicyclic) bond motifs is 1.